The molecule has 0 N–H and O–H groups in total. The maximum Gasteiger partial charge on any atom is 0.337 e. The van der Waals surface area contributed by atoms with Crippen molar-refractivity contribution < 1.29 is 16.5 Å². The summed E-state index contributed by atoms with van der Waals surface area (Å²) < 4.78 is 23.8. The van der Waals surface area contributed by atoms with Crippen molar-refractivity contribution in [2.45, 2.75) is 0 Å². The molecular weight excluding hydrogens is 369 g/mol. The molecule has 24 heavy (non-hydrogen) atoms. The van der Waals surface area contributed by atoms with Crippen LogP contribution in [0.2, 0.25) is 0 Å². The van der Waals surface area contributed by atoms with Gasteiger partial charge in [-0.15, -0.1) is 0 Å². The van der Waals surface area contributed by atoms with Gasteiger partial charge in [0.05, 0.1) is 0 Å². The van der Waals surface area contributed by atoms with Crippen molar-refractivity contribution in [3.05, 3.63) is 84.1 Å². The second kappa shape index (κ2) is 9.20. The third-order valence-corrected chi connectivity index (χ3v) is 12.0. The van der Waals surface area contributed by atoms with E-state index in [1.165, 1.54) is 0 Å². The minimum Gasteiger partial charge on any atom is -0.425 e. The van der Waals surface area contributed by atoms with Gasteiger partial charge in [0, 0.05) is 0 Å². The Labute approximate surface area is 150 Å². The SMILES string of the molecule is C=C(c1ccccc1)[SiH]1O[SiH2]O[SiH2]O[SiH](C=Cc2ccccc2)O1. The molecule has 2 aromatic carbocycles. The molecule has 1 aliphatic rings. The third-order valence-electron chi connectivity index (χ3n) is 3.55. The summed E-state index contributed by atoms with van der Waals surface area (Å²) in [5.41, 5.74) is 4.26. The van der Waals surface area contributed by atoms with Crippen molar-refractivity contribution in [1.29, 1.82) is 0 Å². The fourth-order valence-corrected chi connectivity index (χ4v) is 12.2. The zero-order chi connectivity index (χ0) is 16.6. The first-order valence-electron chi connectivity index (χ1n) is 7.77. The molecule has 0 aliphatic carbocycles. The van der Waals surface area contributed by atoms with E-state index in [0.717, 1.165) is 16.3 Å². The summed E-state index contributed by atoms with van der Waals surface area (Å²) in [6, 6.07) is 20.2. The molecule has 2 aromatic rings. The molecule has 3 rings (SSSR count). The topological polar surface area (TPSA) is 36.9 Å². The van der Waals surface area contributed by atoms with E-state index in [-0.39, 0.29) is 0 Å². The maximum absolute atomic E-state index is 6.27. The predicted octanol–water partition coefficient (Wildman–Crippen LogP) is 1.01. The van der Waals surface area contributed by atoms with Crippen LogP contribution in [0, 0.1) is 0 Å². The molecule has 0 amide bonds. The second-order valence-electron chi connectivity index (χ2n) is 5.27. The van der Waals surface area contributed by atoms with Crippen molar-refractivity contribution in [1.82, 2.24) is 0 Å². The van der Waals surface area contributed by atoms with Gasteiger partial charge in [0.2, 0.25) is 0 Å². The van der Waals surface area contributed by atoms with Crippen LogP contribution in [-0.4, -0.2) is 38.6 Å². The zero-order valence-corrected chi connectivity index (χ0v) is 18.5. The van der Waals surface area contributed by atoms with Gasteiger partial charge >= 0.3 is 18.6 Å². The van der Waals surface area contributed by atoms with E-state index < -0.39 is 38.6 Å². The molecule has 1 fully saturated rings. The Kier molecular flexibility index (Phi) is 6.69. The lowest BCUT2D eigenvalue weighted by atomic mass is 10.2. The molecule has 8 heteroatoms. The van der Waals surface area contributed by atoms with Crippen LogP contribution in [0.25, 0.3) is 11.3 Å². The van der Waals surface area contributed by atoms with Crippen LogP contribution >= 0.6 is 0 Å². The van der Waals surface area contributed by atoms with Crippen LogP contribution in [0.15, 0.2) is 72.9 Å². The summed E-state index contributed by atoms with van der Waals surface area (Å²) in [5, 5.41) is 0.949. The normalized spacial score (nSPS) is 24.0. The summed E-state index contributed by atoms with van der Waals surface area (Å²) in [6.45, 7) is 4.21. The first-order valence-corrected chi connectivity index (χ1v) is 13.2. The zero-order valence-electron chi connectivity index (χ0n) is 13.3. The van der Waals surface area contributed by atoms with Crippen LogP contribution in [0.3, 0.4) is 0 Å². The molecule has 2 atom stereocenters. The van der Waals surface area contributed by atoms with Crippen molar-refractivity contribution in [3.8, 4) is 0 Å². The van der Waals surface area contributed by atoms with E-state index in [2.05, 4.69) is 30.5 Å². The van der Waals surface area contributed by atoms with Crippen molar-refractivity contribution in [2.75, 3.05) is 0 Å². The Bertz CT molecular complexity index is 681. The molecule has 124 valence electrons. The van der Waals surface area contributed by atoms with Gasteiger partial charge in [-0.1, -0.05) is 73.3 Å². The van der Waals surface area contributed by atoms with Crippen molar-refractivity contribution >= 4 is 49.9 Å². The van der Waals surface area contributed by atoms with E-state index in [1.807, 2.05) is 48.5 Å². The molecule has 1 aliphatic heterocycles. The largest absolute Gasteiger partial charge is 0.425 e. The molecule has 1 heterocycles. The van der Waals surface area contributed by atoms with Gasteiger partial charge in [-0.2, -0.15) is 0 Å². The lowest BCUT2D eigenvalue weighted by Crippen LogP contribution is -2.40. The van der Waals surface area contributed by atoms with Gasteiger partial charge in [-0.05, 0) is 22.0 Å². The average Bonchev–Trinajstić information content (AvgIpc) is 2.62. The predicted molar refractivity (Wildman–Crippen MR) is 107 cm³/mol. The monoisotopic (exact) mass is 388 g/mol. The standard InChI is InChI=1S/C16H20O4Si4/c1-14(16-10-6-3-7-11-16)24-19-22-17-21-18-23(20-24)13-12-15-8-4-2-5-9-15/h2-13,23-24H,1,21-22H2. The molecule has 0 aromatic heterocycles. The second-order valence-corrected chi connectivity index (χ2v) is 13.6. The molecule has 4 nitrogen and oxygen atoms in total. The van der Waals surface area contributed by atoms with E-state index >= 15 is 0 Å². The van der Waals surface area contributed by atoms with Gasteiger partial charge in [0.15, 0.2) is 0 Å². The van der Waals surface area contributed by atoms with Gasteiger partial charge in [0.1, 0.15) is 0 Å². The van der Waals surface area contributed by atoms with Crippen LogP contribution in [0.1, 0.15) is 11.1 Å². The van der Waals surface area contributed by atoms with Crippen molar-refractivity contribution in [2.24, 2.45) is 0 Å². The van der Waals surface area contributed by atoms with Crippen LogP contribution in [-0.2, 0) is 16.5 Å². The number of rotatable bonds is 4. The number of hydrogen-bond acceptors (Lipinski definition) is 4. The summed E-state index contributed by atoms with van der Waals surface area (Å²) in [7, 11) is -6.02. The fourth-order valence-electron chi connectivity index (χ4n) is 2.29. The lowest BCUT2D eigenvalue weighted by Gasteiger charge is -2.26. The first kappa shape index (κ1) is 17.5. The highest BCUT2D eigenvalue weighted by molar-refractivity contribution is 6.79. The minimum atomic E-state index is -2.05. The van der Waals surface area contributed by atoms with Crippen LogP contribution in [0.5, 0.6) is 0 Å². The molecule has 0 radical (unpaired) electrons. The van der Waals surface area contributed by atoms with Crippen LogP contribution < -0.4 is 0 Å². The Hall–Kier alpha value is -1.37. The molecule has 0 saturated carbocycles. The summed E-state index contributed by atoms with van der Waals surface area (Å²) >= 11 is 0. The minimum absolute atomic E-state index is 0.949. The Balaban J connectivity index is 1.70. The molecule has 2 unspecified atom stereocenters. The fraction of sp³-hybridized carbons (Fsp3) is 0. The highest BCUT2D eigenvalue weighted by Crippen LogP contribution is 2.18. The number of hydrogen-bond donors (Lipinski definition) is 0. The Morgan fingerprint density at radius 3 is 2.33 bits per heavy atom. The van der Waals surface area contributed by atoms with Gasteiger partial charge in [-0.3, -0.25) is 0 Å². The summed E-state index contributed by atoms with van der Waals surface area (Å²) in [5.74, 6) is 0. The molecule has 0 spiro atoms. The maximum atomic E-state index is 6.27. The van der Waals surface area contributed by atoms with E-state index in [4.69, 9.17) is 16.5 Å². The smallest absolute Gasteiger partial charge is 0.337 e. The highest BCUT2D eigenvalue weighted by Gasteiger charge is 2.26. The van der Waals surface area contributed by atoms with Gasteiger partial charge < -0.3 is 16.5 Å². The quantitative estimate of drug-likeness (QED) is 0.733. The Morgan fingerprint density at radius 1 is 0.917 bits per heavy atom. The third kappa shape index (κ3) is 5.06. The van der Waals surface area contributed by atoms with Crippen LogP contribution in [0.4, 0.5) is 0 Å². The lowest BCUT2D eigenvalue weighted by molar-refractivity contribution is 0.327. The average molecular weight is 389 g/mol. The van der Waals surface area contributed by atoms with Gasteiger partial charge in [0.25, 0.3) is 20.0 Å². The number of benzene rings is 2. The molecule has 1 saturated heterocycles. The first-order chi connectivity index (χ1) is 11.8. The van der Waals surface area contributed by atoms with E-state index in [1.54, 1.807) is 0 Å². The highest BCUT2D eigenvalue weighted by atomic mass is 28.4. The van der Waals surface area contributed by atoms with Crippen molar-refractivity contribution in [3.63, 3.8) is 0 Å². The van der Waals surface area contributed by atoms with E-state index in [0.29, 0.717) is 0 Å². The summed E-state index contributed by atoms with van der Waals surface area (Å²) in [4.78, 5) is 0. The summed E-state index contributed by atoms with van der Waals surface area (Å²) in [6.07, 6.45) is 2.06. The molecular formula is C16H20O4Si4. The van der Waals surface area contributed by atoms with E-state index in [9.17, 15) is 0 Å². The Morgan fingerprint density at radius 2 is 1.58 bits per heavy atom. The van der Waals surface area contributed by atoms with Gasteiger partial charge in [-0.25, -0.2) is 0 Å². The molecule has 0 bridgehead atoms.